The van der Waals surface area contributed by atoms with E-state index < -0.39 is 5.09 Å². The number of hydrogen-bond acceptors (Lipinski definition) is 5. The van der Waals surface area contributed by atoms with Gasteiger partial charge in [0.2, 0.25) is 0 Å². The summed E-state index contributed by atoms with van der Waals surface area (Å²) >= 11 is 8.19. The molecule has 82 valence electrons. The van der Waals surface area contributed by atoms with Crippen molar-refractivity contribution in [2.75, 3.05) is 0 Å². The van der Waals surface area contributed by atoms with Gasteiger partial charge in [0.15, 0.2) is 10.2 Å². The van der Waals surface area contributed by atoms with E-state index >= 15 is 0 Å². The predicted molar refractivity (Wildman–Crippen MR) is 52.3 cm³/mol. The normalized spacial score (nSPS) is 5.54. The van der Waals surface area contributed by atoms with Crippen molar-refractivity contribution in [1.82, 2.24) is 0 Å². The van der Waals surface area contributed by atoms with Crippen molar-refractivity contribution in [3.8, 4) is 0 Å². The van der Waals surface area contributed by atoms with E-state index in [0.29, 0.717) is 0 Å². The van der Waals surface area contributed by atoms with E-state index in [0.717, 1.165) is 0 Å². The molecule has 0 aliphatic rings. The molecule has 0 aromatic heterocycles. The van der Waals surface area contributed by atoms with E-state index in [1.807, 2.05) is 0 Å². The Balaban J connectivity index is -0.0000000450. The molecule has 8 N–H and O–H groups in total. The van der Waals surface area contributed by atoms with Gasteiger partial charge in [0.25, 0.3) is 0 Å². The Morgan fingerprint density at radius 2 is 1.00 bits per heavy atom. The standard InChI is InChI=1S/2CH4N2S.Ag.NO3/c2*2-1(3)4;;2-1(3)4/h2*(H4,2,3,4);;/q;;+1;-1. The third-order valence-electron chi connectivity index (χ3n) is 0. The molecule has 0 saturated heterocycles. The third-order valence-corrected chi connectivity index (χ3v) is 0. The third kappa shape index (κ3) is 2130. The van der Waals surface area contributed by atoms with Gasteiger partial charge >= 0.3 is 22.4 Å². The first-order chi connectivity index (χ1) is 5.20. The van der Waals surface area contributed by atoms with E-state index in [1.54, 1.807) is 0 Å². The Bertz CT molecular complexity index is 125. The van der Waals surface area contributed by atoms with Crippen molar-refractivity contribution in [3.05, 3.63) is 15.3 Å². The molecule has 0 radical (unpaired) electrons. The number of thiocarbonyl (C=S) groups is 2. The van der Waals surface area contributed by atoms with Crippen molar-refractivity contribution < 1.29 is 27.5 Å². The van der Waals surface area contributed by atoms with E-state index in [9.17, 15) is 0 Å². The van der Waals surface area contributed by atoms with Gasteiger partial charge in [-0.15, -0.1) is 0 Å². The number of nitrogens with two attached hydrogens (primary N) is 4. The fraction of sp³-hybridized carbons (Fsp3) is 0. The molecule has 0 unspecified atom stereocenters. The molecule has 0 heterocycles. The van der Waals surface area contributed by atoms with Crippen LogP contribution in [0.1, 0.15) is 0 Å². The van der Waals surface area contributed by atoms with Crippen LogP contribution in [-0.2, 0) is 22.4 Å². The van der Waals surface area contributed by atoms with Crippen LogP contribution < -0.4 is 22.9 Å². The maximum atomic E-state index is 8.25. The van der Waals surface area contributed by atoms with E-state index in [2.05, 4.69) is 47.4 Å². The summed E-state index contributed by atoms with van der Waals surface area (Å²) < 4.78 is 0. The summed E-state index contributed by atoms with van der Waals surface area (Å²) in [6.45, 7) is 0. The minimum Gasteiger partial charge on any atom is -0.377 e. The van der Waals surface area contributed by atoms with Gasteiger partial charge in [0.05, 0.1) is 5.09 Å². The van der Waals surface area contributed by atoms with Crippen molar-refractivity contribution in [3.63, 3.8) is 0 Å². The molecule has 0 saturated carbocycles. The van der Waals surface area contributed by atoms with E-state index in [4.69, 9.17) is 15.3 Å². The number of rotatable bonds is 0. The van der Waals surface area contributed by atoms with Crippen LogP contribution in [-0.4, -0.2) is 15.3 Å². The van der Waals surface area contributed by atoms with Gasteiger partial charge in [0, 0.05) is 0 Å². The summed E-state index contributed by atoms with van der Waals surface area (Å²) in [4.78, 5) is 8.25. The summed E-state index contributed by atoms with van der Waals surface area (Å²) in [6.07, 6.45) is 0. The van der Waals surface area contributed by atoms with Crippen molar-refractivity contribution in [2.24, 2.45) is 22.9 Å². The Labute approximate surface area is 100 Å². The van der Waals surface area contributed by atoms with Crippen molar-refractivity contribution >= 4 is 34.7 Å². The topological polar surface area (TPSA) is 170 Å². The van der Waals surface area contributed by atoms with Crippen LogP contribution in [0, 0.1) is 15.3 Å². The predicted octanol–water partition coefficient (Wildman–Crippen LogP) is -1.86. The van der Waals surface area contributed by atoms with Gasteiger partial charge in [-0.25, -0.2) is 0 Å². The molecule has 8 nitrogen and oxygen atoms in total. The maximum Gasteiger partial charge on any atom is 1.00 e. The van der Waals surface area contributed by atoms with Crippen LogP contribution >= 0.6 is 24.4 Å². The molecule has 0 aromatic rings. The average molecular weight is 322 g/mol. The molecule has 0 fully saturated rings. The summed E-state index contributed by atoms with van der Waals surface area (Å²) in [5.41, 5.74) is 18.5. The molecule has 0 amide bonds. The molecule has 0 bridgehead atoms. The quantitative estimate of drug-likeness (QED) is 0.173. The molecule has 0 aliphatic carbocycles. The largest absolute Gasteiger partial charge is 1.00 e. The van der Waals surface area contributed by atoms with Gasteiger partial charge < -0.3 is 38.3 Å². The summed E-state index contributed by atoms with van der Waals surface area (Å²) in [7, 11) is 0. The van der Waals surface area contributed by atoms with Crippen molar-refractivity contribution in [1.29, 1.82) is 0 Å². The smallest absolute Gasteiger partial charge is 0.377 e. The Kier molecular flexibility index (Phi) is 30.6. The minimum absolute atomic E-state index is 0. The molecule has 11 heteroatoms. The monoisotopic (exact) mass is 321 g/mol. The average Bonchev–Trinajstić information content (AvgIpc) is 1.54. The molecular weight excluding hydrogens is 314 g/mol. The zero-order valence-electron chi connectivity index (χ0n) is 6.10. The van der Waals surface area contributed by atoms with Crippen LogP contribution in [0.15, 0.2) is 0 Å². The van der Waals surface area contributed by atoms with Gasteiger partial charge in [-0.05, 0) is 24.4 Å². The molecule has 0 spiro atoms. The van der Waals surface area contributed by atoms with Gasteiger partial charge in [-0.2, -0.15) is 0 Å². The Morgan fingerprint density at radius 3 is 1.00 bits per heavy atom. The summed E-state index contributed by atoms with van der Waals surface area (Å²) in [6, 6.07) is 0. The maximum absolute atomic E-state index is 8.25. The molecule has 0 aromatic carbocycles. The van der Waals surface area contributed by atoms with Gasteiger partial charge in [-0.1, -0.05) is 0 Å². The molecule has 0 aliphatic heterocycles. The zero-order valence-corrected chi connectivity index (χ0v) is 9.21. The second-order valence-corrected chi connectivity index (χ2v) is 1.97. The molecule has 0 atom stereocenters. The van der Waals surface area contributed by atoms with Gasteiger partial charge in [-0.3, -0.25) is 0 Å². The van der Waals surface area contributed by atoms with Crippen LogP contribution in [0.3, 0.4) is 0 Å². The van der Waals surface area contributed by atoms with Crippen LogP contribution in [0.4, 0.5) is 0 Å². The first-order valence-electron chi connectivity index (χ1n) is 2.11. The summed E-state index contributed by atoms with van der Waals surface area (Å²) in [5, 5.41) is 14.8. The van der Waals surface area contributed by atoms with Crippen LogP contribution in [0.5, 0.6) is 0 Å². The molecule has 13 heavy (non-hydrogen) atoms. The second kappa shape index (κ2) is 17.4. The number of hydrogen-bond donors (Lipinski definition) is 4. The Morgan fingerprint density at radius 1 is 1.00 bits per heavy atom. The first-order valence-corrected chi connectivity index (χ1v) is 2.93. The van der Waals surface area contributed by atoms with Crippen molar-refractivity contribution in [2.45, 2.75) is 0 Å². The van der Waals surface area contributed by atoms with E-state index in [1.165, 1.54) is 0 Å². The molecular formula is C2H8AgN5O3S2. The minimum atomic E-state index is -1.75. The van der Waals surface area contributed by atoms with Gasteiger partial charge in [0.1, 0.15) is 0 Å². The number of nitrogens with zero attached hydrogens (tertiary/aromatic N) is 1. The molecule has 0 rings (SSSR count). The van der Waals surface area contributed by atoms with Crippen LogP contribution in [0.2, 0.25) is 0 Å². The fourth-order valence-electron chi connectivity index (χ4n) is 0. The zero-order chi connectivity index (χ0) is 10.7. The second-order valence-electron chi connectivity index (χ2n) is 1.03. The Hall–Kier alpha value is -0.680. The fourth-order valence-corrected chi connectivity index (χ4v) is 0. The van der Waals surface area contributed by atoms with Crippen LogP contribution in [0.25, 0.3) is 0 Å². The summed E-state index contributed by atoms with van der Waals surface area (Å²) in [5.74, 6) is 0. The first kappa shape index (κ1) is 22.8. The SMILES string of the molecule is NC(N)=S.NC(N)=S.O=[N+]([O-])[O-].[Ag+]. The van der Waals surface area contributed by atoms with E-state index in [-0.39, 0.29) is 32.6 Å².